The lowest BCUT2D eigenvalue weighted by Crippen LogP contribution is -2.48. The molecule has 3 rings (SSSR count). The van der Waals surface area contributed by atoms with Gasteiger partial charge in [0.1, 0.15) is 6.04 Å². The number of carbonyl (C=O) groups excluding carboxylic acids is 1. The first-order valence-electron chi connectivity index (χ1n) is 7.44. The zero-order valence-electron chi connectivity index (χ0n) is 12.5. The highest BCUT2D eigenvalue weighted by Gasteiger charge is 2.50. The Kier molecular flexibility index (Phi) is 4.88. The van der Waals surface area contributed by atoms with Crippen LogP contribution in [0, 0.1) is 18.3 Å². The van der Waals surface area contributed by atoms with Gasteiger partial charge in [0.15, 0.2) is 5.82 Å². The molecule has 1 aliphatic heterocycles. The lowest BCUT2D eigenvalue weighted by molar-refractivity contribution is -0.134. The number of amides is 1. The second-order valence-corrected chi connectivity index (χ2v) is 6.10. The third-order valence-corrected chi connectivity index (χ3v) is 4.75. The van der Waals surface area contributed by atoms with Crippen molar-refractivity contribution in [2.24, 2.45) is 11.3 Å². The number of nitrogens with zero attached hydrogens (tertiary/aromatic N) is 2. The molecule has 7 heteroatoms. The molecular formula is C14H23ClN4O2. The van der Waals surface area contributed by atoms with Gasteiger partial charge in [0.25, 0.3) is 0 Å². The molecule has 0 aromatic carbocycles. The normalized spacial score (nSPS) is 29.3. The van der Waals surface area contributed by atoms with Crippen molar-refractivity contribution < 1.29 is 9.32 Å². The van der Waals surface area contributed by atoms with E-state index < -0.39 is 0 Å². The number of aromatic nitrogens is 2. The fourth-order valence-corrected chi connectivity index (χ4v) is 3.58. The molecule has 1 unspecified atom stereocenters. The maximum Gasteiger partial charge on any atom is 0.248 e. The van der Waals surface area contributed by atoms with Crippen LogP contribution in [-0.2, 0) is 4.79 Å². The average molecular weight is 315 g/mol. The second-order valence-electron chi connectivity index (χ2n) is 6.10. The largest absolute Gasteiger partial charge is 0.344 e. The number of halogens is 1. The van der Waals surface area contributed by atoms with E-state index in [0.717, 1.165) is 32.4 Å². The molecule has 3 atom stereocenters. The minimum atomic E-state index is -0.235. The lowest BCUT2D eigenvalue weighted by Gasteiger charge is -2.37. The Morgan fingerprint density at radius 2 is 2.33 bits per heavy atom. The van der Waals surface area contributed by atoms with Crippen LogP contribution in [0.25, 0.3) is 0 Å². The first-order chi connectivity index (χ1) is 9.62. The van der Waals surface area contributed by atoms with E-state index in [1.807, 2.05) is 6.92 Å². The van der Waals surface area contributed by atoms with Crippen LogP contribution >= 0.6 is 12.4 Å². The SMILES string of the molecule is Cc1noc(C(C)NC(=O)[C@@]23CCCC[C@H]2CNC3)n1.Cl. The quantitative estimate of drug-likeness (QED) is 0.888. The third kappa shape index (κ3) is 2.92. The molecule has 0 radical (unpaired) electrons. The number of hydrogen-bond acceptors (Lipinski definition) is 5. The molecule has 2 fully saturated rings. The molecular weight excluding hydrogens is 292 g/mol. The van der Waals surface area contributed by atoms with Gasteiger partial charge in [-0.15, -0.1) is 12.4 Å². The first-order valence-corrected chi connectivity index (χ1v) is 7.44. The van der Waals surface area contributed by atoms with Crippen molar-refractivity contribution in [3.05, 3.63) is 11.7 Å². The number of aryl methyl sites for hydroxylation is 1. The van der Waals surface area contributed by atoms with Crippen LogP contribution in [0.4, 0.5) is 0 Å². The van der Waals surface area contributed by atoms with Gasteiger partial charge in [-0.2, -0.15) is 4.98 Å². The van der Waals surface area contributed by atoms with Crippen molar-refractivity contribution in [3.63, 3.8) is 0 Å². The summed E-state index contributed by atoms with van der Waals surface area (Å²) in [6, 6.07) is -0.235. The predicted molar refractivity (Wildman–Crippen MR) is 80.1 cm³/mol. The van der Waals surface area contributed by atoms with Crippen molar-refractivity contribution >= 4 is 18.3 Å². The molecule has 1 amide bonds. The summed E-state index contributed by atoms with van der Waals surface area (Å²) in [4.78, 5) is 16.9. The number of carbonyl (C=O) groups is 1. The summed E-state index contributed by atoms with van der Waals surface area (Å²) in [7, 11) is 0. The molecule has 6 nitrogen and oxygen atoms in total. The van der Waals surface area contributed by atoms with Crippen LogP contribution in [-0.4, -0.2) is 29.1 Å². The Bertz CT molecular complexity index is 507. The fraction of sp³-hybridized carbons (Fsp3) is 0.786. The molecule has 1 saturated carbocycles. The van der Waals surface area contributed by atoms with Crippen LogP contribution in [0.5, 0.6) is 0 Å². The van der Waals surface area contributed by atoms with Crippen molar-refractivity contribution in [2.75, 3.05) is 13.1 Å². The molecule has 1 saturated heterocycles. The van der Waals surface area contributed by atoms with E-state index in [2.05, 4.69) is 20.8 Å². The van der Waals surface area contributed by atoms with Crippen LogP contribution in [0.2, 0.25) is 0 Å². The molecule has 0 spiro atoms. The van der Waals surface area contributed by atoms with E-state index in [-0.39, 0.29) is 29.8 Å². The number of hydrogen-bond donors (Lipinski definition) is 2. The van der Waals surface area contributed by atoms with Gasteiger partial charge in [0.05, 0.1) is 5.41 Å². The molecule has 2 N–H and O–H groups in total. The molecule has 1 aromatic heterocycles. The second kappa shape index (κ2) is 6.32. The van der Waals surface area contributed by atoms with Crippen LogP contribution in [0.15, 0.2) is 4.52 Å². The van der Waals surface area contributed by atoms with Gasteiger partial charge in [-0.1, -0.05) is 18.0 Å². The van der Waals surface area contributed by atoms with Crippen LogP contribution in [0.1, 0.15) is 50.4 Å². The maximum atomic E-state index is 12.8. The summed E-state index contributed by atoms with van der Waals surface area (Å²) in [5.74, 6) is 1.67. The van der Waals surface area contributed by atoms with E-state index in [4.69, 9.17) is 4.52 Å². The van der Waals surface area contributed by atoms with Gasteiger partial charge < -0.3 is 15.2 Å². The minimum Gasteiger partial charge on any atom is -0.344 e. The summed E-state index contributed by atoms with van der Waals surface area (Å²) < 4.78 is 5.13. The number of fused-ring (bicyclic) bond motifs is 1. The average Bonchev–Trinajstić information content (AvgIpc) is 3.05. The Balaban J connectivity index is 0.00000161. The Labute approximate surface area is 130 Å². The van der Waals surface area contributed by atoms with Crippen LogP contribution < -0.4 is 10.6 Å². The molecule has 2 heterocycles. The standard InChI is InChI=1S/C14H22N4O2.ClH/c1-9(12-17-10(2)18-20-12)16-13(19)14-6-4-3-5-11(14)7-15-8-14;/h9,11,15H,3-8H2,1-2H3,(H,16,19);1H/t9?,11-,14+;/m0./s1. The highest BCUT2D eigenvalue weighted by atomic mass is 35.5. The zero-order chi connectivity index (χ0) is 14.2. The summed E-state index contributed by atoms with van der Waals surface area (Å²) in [5.41, 5.74) is -0.235. The van der Waals surface area contributed by atoms with E-state index in [0.29, 0.717) is 17.6 Å². The zero-order valence-corrected chi connectivity index (χ0v) is 13.3. The fourth-order valence-electron chi connectivity index (χ4n) is 3.58. The van der Waals surface area contributed by atoms with Crippen molar-refractivity contribution in [1.29, 1.82) is 0 Å². The predicted octanol–water partition coefficient (Wildman–Crippen LogP) is 1.76. The summed E-state index contributed by atoms with van der Waals surface area (Å²) in [6.07, 6.45) is 4.50. The van der Waals surface area contributed by atoms with Gasteiger partial charge in [-0.25, -0.2) is 0 Å². The summed E-state index contributed by atoms with van der Waals surface area (Å²) in [6.45, 7) is 5.42. The van der Waals surface area contributed by atoms with Gasteiger partial charge in [0.2, 0.25) is 11.8 Å². The van der Waals surface area contributed by atoms with Crippen LogP contribution in [0.3, 0.4) is 0 Å². The van der Waals surface area contributed by atoms with E-state index >= 15 is 0 Å². The Morgan fingerprint density at radius 1 is 1.52 bits per heavy atom. The molecule has 118 valence electrons. The molecule has 2 aliphatic rings. The third-order valence-electron chi connectivity index (χ3n) is 4.75. The van der Waals surface area contributed by atoms with Gasteiger partial charge in [0, 0.05) is 6.54 Å². The maximum absolute atomic E-state index is 12.8. The van der Waals surface area contributed by atoms with E-state index in [1.165, 1.54) is 6.42 Å². The van der Waals surface area contributed by atoms with Gasteiger partial charge in [-0.3, -0.25) is 4.79 Å². The summed E-state index contributed by atoms with van der Waals surface area (Å²) >= 11 is 0. The molecule has 0 bridgehead atoms. The smallest absolute Gasteiger partial charge is 0.248 e. The summed E-state index contributed by atoms with van der Waals surface area (Å²) in [5, 5.41) is 10.2. The topological polar surface area (TPSA) is 80.0 Å². The number of nitrogens with one attached hydrogen (secondary N) is 2. The Hall–Kier alpha value is -1.14. The van der Waals surface area contributed by atoms with Gasteiger partial charge in [-0.05, 0) is 39.2 Å². The molecule has 1 aliphatic carbocycles. The van der Waals surface area contributed by atoms with Crippen molar-refractivity contribution in [3.8, 4) is 0 Å². The van der Waals surface area contributed by atoms with E-state index in [1.54, 1.807) is 6.92 Å². The van der Waals surface area contributed by atoms with Crippen molar-refractivity contribution in [2.45, 2.75) is 45.6 Å². The van der Waals surface area contributed by atoms with Gasteiger partial charge >= 0.3 is 0 Å². The lowest BCUT2D eigenvalue weighted by atomic mass is 9.67. The molecule has 21 heavy (non-hydrogen) atoms. The number of rotatable bonds is 3. The van der Waals surface area contributed by atoms with E-state index in [9.17, 15) is 4.79 Å². The monoisotopic (exact) mass is 314 g/mol. The van der Waals surface area contributed by atoms with Crippen molar-refractivity contribution in [1.82, 2.24) is 20.8 Å². The highest BCUT2D eigenvalue weighted by molar-refractivity contribution is 5.85. The molecule has 1 aromatic rings. The minimum absolute atomic E-state index is 0. The highest BCUT2D eigenvalue weighted by Crippen LogP contribution is 2.44. The Morgan fingerprint density at radius 3 is 3.05 bits per heavy atom. The first kappa shape index (κ1) is 16.2.